The van der Waals surface area contributed by atoms with E-state index >= 15 is 0 Å². The zero-order valence-corrected chi connectivity index (χ0v) is 8.42. The Kier molecular flexibility index (Phi) is 3.84. The molecule has 0 radical (unpaired) electrons. The molecular formula is C7H3Cl2FO2S. The van der Waals surface area contributed by atoms with Crippen molar-refractivity contribution in [3.8, 4) is 5.75 Å². The fourth-order valence-corrected chi connectivity index (χ4v) is 1.34. The lowest BCUT2D eigenvalue weighted by atomic mass is 10.2. The van der Waals surface area contributed by atoms with Gasteiger partial charge in [-0.3, -0.25) is 4.79 Å². The molecule has 0 unspecified atom stereocenters. The number of halogens is 3. The number of benzene rings is 1. The summed E-state index contributed by atoms with van der Waals surface area (Å²) in [4.78, 5) is 10.5. The standard InChI is InChI=1S/C7H3Cl2FO2S/c8-5-1-2-6(12-13-10)4(3-11)7(5)9/h1-3H. The topological polar surface area (TPSA) is 26.3 Å². The van der Waals surface area contributed by atoms with E-state index in [-0.39, 0.29) is 33.8 Å². The predicted octanol–water partition coefficient (Wildman–Crippen LogP) is 3.72. The summed E-state index contributed by atoms with van der Waals surface area (Å²) in [7, 11) is 0. The molecule has 1 aromatic carbocycles. The highest BCUT2D eigenvalue weighted by Gasteiger charge is 2.11. The maximum absolute atomic E-state index is 11.7. The first-order valence-electron chi connectivity index (χ1n) is 3.09. The van der Waals surface area contributed by atoms with Crippen LogP contribution in [0.5, 0.6) is 5.75 Å². The summed E-state index contributed by atoms with van der Waals surface area (Å²) in [6.45, 7) is 0. The molecule has 0 saturated carbocycles. The van der Waals surface area contributed by atoms with Crippen molar-refractivity contribution in [1.29, 1.82) is 0 Å². The van der Waals surface area contributed by atoms with Gasteiger partial charge in [0.05, 0.1) is 15.6 Å². The van der Waals surface area contributed by atoms with E-state index in [1.54, 1.807) is 0 Å². The molecule has 0 saturated heterocycles. The molecule has 1 aromatic rings. The first-order chi connectivity index (χ1) is 6.20. The van der Waals surface area contributed by atoms with Crippen molar-refractivity contribution in [2.75, 3.05) is 0 Å². The summed E-state index contributed by atoms with van der Waals surface area (Å²) in [5, 5.41) is 0.281. The third-order valence-electron chi connectivity index (χ3n) is 1.33. The number of hydrogen-bond acceptors (Lipinski definition) is 3. The zero-order valence-electron chi connectivity index (χ0n) is 6.09. The van der Waals surface area contributed by atoms with Crippen LogP contribution in [0.15, 0.2) is 12.1 Å². The molecule has 70 valence electrons. The molecule has 0 spiro atoms. The summed E-state index contributed by atoms with van der Waals surface area (Å²) in [6, 6.07) is 2.78. The van der Waals surface area contributed by atoms with Crippen LogP contribution >= 0.6 is 35.6 Å². The first-order valence-corrected chi connectivity index (χ1v) is 4.49. The van der Waals surface area contributed by atoms with Gasteiger partial charge in [-0.25, -0.2) is 0 Å². The third-order valence-corrected chi connectivity index (χ3v) is 2.39. The van der Waals surface area contributed by atoms with Gasteiger partial charge in [0.25, 0.3) is 12.4 Å². The fourth-order valence-electron chi connectivity index (χ4n) is 0.765. The number of carbonyl (C=O) groups is 1. The summed E-state index contributed by atoms with van der Waals surface area (Å²) in [5.41, 5.74) is 0.0410. The minimum absolute atomic E-state index is 0.0410. The molecule has 0 aliphatic carbocycles. The minimum atomic E-state index is -0.362. The lowest BCUT2D eigenvalue weighted by Crippen LogP contribution is -1.89. The molecule has 2 nitrogen and oxygen atoms in total. The fraction of sp³-hybridized carbons (Fsp3) is 0. The largest absolute Gasteiger partial charge is 0.396 e. The van der Waals surface area contributed by atoms with Gasteiger partial charge in [-0.15, -0.1) is 3.89 Å². The van der Waals surface area contributed by atoms with Crippen molar-refractivity contribution in [3.05, 3.63) is 27.7 Å². The first kappa shape index (κ1) is 10.6. The van der Waals surface area contributed by atoms with E-state index in [4.69, 9.17) is 23.2 Å². The Labute approximate surface area is 88.5 Å². The molecule has 6 heteroatoms. The highest BCUT2D eigenvalue weighted by Crippen LogP contribution is 2.33. The van der Waals surface area contributed by atoms with Crippen LogP contribution in [-0.2, 0) is 0 Å². The van der Waals surface area contributed by atoms with E-state index in [1.165, 1.54) is 12.1 Å². The van der Waals surface area contributed by atoms with Crippen molar-refractivity contribution in [1.82, 2.24) is 0 Å². The second-order valence-corrected chi connectivity index (χ2v) is 3.12. The van der Waals surface area contributed by atoms with E-state index < -0.39 is 0 Å². The van der Waals surface area contributed by atoms with Gasteiger partial charge in [-0.05, 0) is 12.1 Å². The van der Waals surface area contributed by atoms with E-state index in [0.717, 1.165) is 0 Å². The Morgan fingerprint density at radius 3 is 2.69 bits per heavy atom. The van der Waals surface area contributed by atoms with Gasteiger partial charge < -0.3 is 4.18 Å². The molecule has 0 N–H and O–H groups in total. The third kappa shape index (κ3) is 2.27. The minimum Gasteiger partial charge on any atom is -0.396 e. The van der Waals surface area contributed by atoms with Gasteiger partial charge in [-0.2, -0.15) is 0 Å². The molecule has 13 heavy (non-hydrogen) atoms. The molecule has 0 bridgehead atoms. The maximum atomic E-state index is 11.7. The van der Waals surface area contributed by atoms with Gasteiger partial charge in [-0.1, -0.05) is 23.2 Å². The van der Waals surface area contributed by atoms with E-state index in [2.05, 4.69) is 4.18 Å². The van der Waals surface area contributed by atoms with Crippen LogP contribution in [0.1, 0.15) is 10.4 Å². The van der Waals surface area contributed by atoms with Crippen molar-refractivity contribution >= 4 is 41.9 Å². The molecule has 0 heterocycles. The SMILES string of the molecule is O=Cc1c(OSF)ccc(Cl)c1Cl. The maximum Gasteiger partial charge on any atom is 0.272 e. The second-order valence-electron chi connectivity index (χ2n) is 2.04. The molecule has 0 aliphatic rings. The van der Waals surface area contributed by atoms with Crippen LogP contribution < -0.4 is 4.18 Å². The van der Waals surface area contributed by atoms with E-state index in [0.29, 0.717) is 6.29 Å². The summed E-state index contributed by atoms with van der Waals surface area (Å²) < 4.78 is 16.2. The molecule has 0 aliphatic heterocycles. The second kappa shape index (κ2) is 4.69. The number of carbonyl (C=O) groups excluding carboxylic acids is 1. The molecule has 0 fully saturated rings. The Morgan fingerprint density at radius 1 is 1.46 bits per heavy atom. The van der Waals surface area contributed by atoms with Crippen LogP contribution in [0.2, 0.25) is 10.0 Å². The summed E-state index contributed by atoms with van der Waals surface area (Å²) in [5.74, 6) is 0.0527. The molecule has 0 amide bonds. The Balaban J connectivity index is 3.21. The van der Waals surface area contributed by atoms with Crippen LogP contribution in [0, 0.1) is 0 Å². The van der Waals surface area contributed by atoms with Crippen molar-refractivity contribution < 1.29 is 12.9 Å². The van der Waals surface area contributed by atoms with Crippen LogP contribution in [0.4, 0.5) is 3.89 Å². The molecule has 0 aromatic heterocycles. The zero-order chi connectivity index (χ0) is 9.84. The van der Waals surface area contributed by atoms with Gasteiger partial charge >= 0.3 is 0 Å². The predicted molar refractivity (Wildman–Crippen MR) is 51.2 cm³/mol. The Morgan fingerprint density at radius 2 is 2.15 bits per heavy atom. The van der Waals surface area contributed by atoms with Crippen molar-refractivity contribution in [2.45, 2.75) is 0 Å². The lowest BCUT2D eigenvalue weighted by molar-refractivity contribution is 0.112. The van der Waals surface area contributed by atoms with Gasteiger partial charge in [0.1, 0.15) is 0 Å². The van der Waals surface area contributed by atoms with Gasteiger partial charge in [0.2, 0.25) is 0 Å². The average Bonchev–Trinajstić information content (AvgIpc) is 2.12. The number of rotatable bonds is 3. The normalized spacial score (nSPS) is 9.77. The van der Waals surface area contributed by atoms with Crippen LogP contribution in [0.25, 0.3) is 0 Å². The molecule has 0 atom stereocenters. The summed E-state index contributed by atoms with van der Waals surface area (Å²) >= 11 is 10.9. The average molecular weight is 241 g/mol. The number of hydrogen-bond donors (Lipinski definition) is 0. The quantitative estimate of drug-likeness (QED) is 0.595. The lowest BCUT2D eigenvalue weighted by Gasteiger charge is -2.04. The summed E-state index contributed by atoms with van der Waals surface area (Å²) in [6.07, 6.45) is 0.458. The highest BCUT2D eigenvalue weighted by molar-refractivity contribution is 7.89. The van der Waals surface area contributed by atoms with E-state index in [1.807, 2.05) is 0 Å². The van der Waals surface area contributed by atoms with Crippen molar-refractivity contribution in [3.63, 3.8) is 0 Å². The highest BCUT2D eigenvalue weighted by atomic mass is 35.5. The number of aldehydes is 1. The van der Waals surface area contributed by atoms with Crippen LogP contribution in [0.3, 0.4) is 0 Å². The monoisotopic (exact) mass is 240 g/mol. The molecule has 1 rings (SSSR count). The van der Waals surface area contributed by atoms with Crippen LogP contribution in [-0.4, -0.2) is 6.29 Å². The van der Waals surface area contributed by atoms with Gasteiger partial charge in [0.15, 0.2) is 12.0 Å². The molecular weight excluding hydrogens is 238 g/mol. The smallest absolute Gasteiger partial charge is 0.272 e. The van der Waals surface area contributed by atoms with E-state index in [9.17, 15) is 8.68 Å². The Bertz CT molecular complexity index is 333. The van der Waals surface area contributed by atoms with Crippen molar-refractivity contribution in [2.24, 2.45) is 0 Å². The van der Waals surface area contributed by atoms with Gasteiger partial charge in [0, 0.05) is 0 Å². The Hall–Kier alpha value is -0.450.